The molecule has 94 valence electrons. The largest absolute Gasteiger partial charge is 0.305 e. The van der Waals surface area contributed by atoms with Crippen LogP contribution < -0.4 is 0 Å². The molecule has 1 unspecified atom stereocenters. The van der Waals surface area contributed by atoms with E-state index in [4.69, 9.17) is 4.55 Å². The molecular formula is C12H18N2O2S. The zero-order valence-electron chi connectivity index (χ0n) is 9.79. The molecule has 17 heavy (non-hydrogen) atoms. The van der Waals surface area contributed by atoms with Crippen molar-refractivity contribution in [3.63, 3.8) is 0 Å². The van der Waals surface area contributed by atoms with Gasteiger partial charge >= 0.3 is 0 Å². The molecule has 0 aromatic heterocycles. The van der Waals surface area contributed by atoms with Crippen molar-refractivity contribution in [3.8, 4) is 0 Å². The molecule has 0 aliphatic carbocycles. The molecule has 1 aromatic rings. The van der Waals surface area contributed by atoms with E-state index in [-0.39, 0.29) is 5.88 Å². The van der Waals surface area contributed by atoms with Gasteiger partial charge in [0, 0.05) is 32.7 Å². The first kappa shape index (κ1) is 12.7. The minimum Gasteiger partial charge on any atom is -0.305 e. The third-order valence-corrected chi connectivity index (χ3v) is 3.59. The van der Waals surface area contributed by atoms with Crippen LogP contribution in [0.2, 0.25) is 0 Å². The van der Waals surface area contributed by atoms with Gasteiger partial charge in [-0.05, 0) is 5.56 Å². The van der Waals surface area contributed by atoms with Crippen LogP contribution in [-0.4, -0.2) is 50.6 Å². The van der Waals surface area contributed by atoms with Crippen LogP contribution >= 0.6 is 0 Å². The summed E-state index contributed by atoms with van der Waals surface area (Å²) >= 11 is -1.70. The van der Waals surface area contributed by atoms with E-state index in [1.165, 1.54) is 5.56 Å². The first-order valence-corrected chi connectivity index (χ1v) is 7.08. The fourth-order valence-electron chi connectivity index (χ4n) is 2.07. The average molecular weight is 254 g/mol. The van der Waals surface area contributed by atoms with Gasteiger partial charge in [-0.25, -0.2) is 4.21 Å². The lowest BCUT2D eigenvalue weighted by Gasteiger charge is -2.33. The van der Waals surface area contributed by atoms with Crippen LogP contribution in [0.15, 0.2) is 30.3 Å². The summed E-state index contributed by atoms with van der Waals surface area (Å²) in [5, 5.41) is 0. The van der Waals surface area contributed by atoms with Crippen molar-refractivity contribution in [1.29, 1.82) is 0 Å². The maximum absolute atomic E-state index is 10.7. The van der Waals surface area contributed by atoms with Gasteiger partial charge in [-0.3, -0.25) is 9.80 Å². The Morgan fingerprint density at radius 3 is 2.24 bits per heavy atom. The van der Waals surface area contributed by atoms with Gasteiger partial charge in [0.15, 0.2) is 11.1 Å². The predicted octanol–water partition coefficient (Wildman–Crippen LogP) is 0.983. The second-order valence-electron chi connectivity index (χ2n) is 4.33. The molecule has 1 saturated heterocycles. The Kier molecular flexibility index (Phi) is 4.67. The summed E-state index contributed by atoms with van der Waals surface area (Å²) < 4.78 is 19.5. The Morgan fingerprint density at radius 1 is 1.06 bits per heavy atom. The third kappa shape index (κ3) is 4.20. The van der Waals surface area contributed by atoms with Crippen molar-refractivity contribution in [2.24, 2.45) is 0 Å². The fourth-order valence-corrected chi connectivity index (χ4v) is 2.64. The van der Waals surface area contributed by atoms with Crippen LogP contribution in [0, 0.1) is 0 Å². The maximum atomic E-state index is 10.7. The molecule has 1 heterocycles. The smallest absolute Gasteiger partial charge is 0.167 e. The number of piperazine rings is 1. The lowest BCUT2D eigenvalue weighted by molar-refractivity contribution is 0.141. The molecule has 0 bridgehead atoms. The van der Waals surface area contributed by atoms with Gasteiger partial charge in [-0.1, -0.05) is 30.3 Å². The molecule has 1 aromatic carbocycles. The minimum absolute atomic E-state index is 0.277. The number of hydrogen-bond acceptors (Lipinski definition) is 3. The molecule has 0 amide bonds. The Morgan fingerprint density at radius 2 is 1.65 bits per heavy atom. The Balaban J connectivity index is 1.78. The van der Waals surface area contributed by atoms with Crippen molar-refractivity contribution in [3.05, 3.63) is 35.9 Å². The Bertz CT molecular complexity index is 364. The zero-order chi connectivity index (χ0) is 12.1. The van der Waals surface area contributed by atoms with Crippen LogP contribution in [0.25, 0.3) is 0 Å². The van der Waals surface area contributed by atoms with Crippen molar-refractivity contribution >= 4 is 11.1 Å². The van der Waals surface area contributed by atoms with Gasteiger partial charge in [0.1, 0.15) is 5.88 Å². The Hall–Kier alpha value is -0.750. The molecule has 2 rings (SSSR count). The highest BCUT2D eigenvalue weighted by molar-refractivity contribution is 7.79. The van der Waals surface area contributed by atoms with Crippen LogP contribution in [0.4, 0.5) is 0 Å². The molecule has 4 nitrogen and oxygen atoms in total. The van der Waals surface area contributed by atoms with E-state index in [2.05, 4.69) is 29.2 Å². The normalized spacial score (nSPS) is 20.3. The van der Waals surface area contributed by atoms with E-state index >= 15 is 0 Å². The fraction of sp³-hybridized carbons (Fsp3) is 0.500. The second-order valence-corrected chi connectivity index (χ2v) is 5.23. The van der Waals surface area contributed by atoms with E-state index in [1.54, 1.807) is 0 Å². The highest BCUT2D eigenvalue weighted by Gasteiger charge is 2.17. The van der Waals surface area contributed by atoms with Gasteiger partial charge in [0.2, 0.25) is 0 Å². The SMILES string of the molecule is O=S(O)CN1CCN(Cc2ccccc2)CC1. The molecule has 1 atom stereocenters. The average Bonchev–Trinajstić information content (AvgIpc) is 2.32. The topological polar surface area (TPSA) is 43.8 Å². The van der Waals surface area contributed by atoms with Gasteiger partial charge in [0.05, 0.1) is 0 Å². The molecule has 5 heteroatoms. The first-order valence-electron chi connectivity index (χ1n) is 5.80. The summed E-state index contributed by atoms with van der Waals surface area (Å²) in [6, 6.07) is 10.4. The van der Waals surface area contributed by atoms with Crippen LogP contribution in [0.3, 0.4) is 0 Å². The summed E-state index contributed by atoms with van der Waals surface area (Å²) in [6.45, 7) is 4.65. The highest BCUT2D eigenvalue weighted by Crippen LogP contribution is 2.08. The predicted molar refractivity (Wildman–Crippen MR) is 68.9 cm³/mol. The van der Waals surface area contributed by atoms with Gasteiger partial charge in [-0.15, -0.1) is 0 Å². The quantitative estimate of drug-likeness (QED) is 0.814. The molecule has 0 spiro atoms. The number of benzene rings is 1. The van der Waals surface area contributed by atoms with Crippen molar-refractivity contribution < 1.29 is 8.76 Å². The zero-order valence-corrected chi connectivity index (χ0v) is 10.6. The van der Waals surface area contributed by atoms with E-state index in [0.29, 0.717) is 0 Å². The summed E-state index contributed by atoms with van der Waals surface area (Å²) in [6.07, 6.45) is 0. The van der Waals surface area contributed by atoms with Crippen LogP contribution in [-0.2, 0) is 17.6 Å². The van der Waals surface area contributed by atoms with Crippen LogP contribution in [0.1, 0.15) is 5.56 Å². The van der Waals surface area contributed by atoms with E-state index < -0.39 is 11.1 Å². The summed E-state index contributed by atoms with van der Waals surface area (Å²) in [5.41, 5.74) is 1.33. The monoisotopic (exact) mass is 254 g/mol. The third-order valence-electron chi connectivity index (χ3n) is 3.01. The second kappa shape index (κ2) is 6.26. The lowest BCUT2D eigenvalue weighted by atomic mass is 10.2. The van der Waals surface area contributed by atoms with Crippen molar-refractivity contribution in [1.82, 2.24) is 9.80 Å². The minimum atomic E-state index is -1.70. The van der Waals surface area contributed by atoms with E-state index in [1.807, 2.05) is 11.0 Å². The number of hydrogen-bond donors (Lipinski definition) is 1. The first-order chi connectivity index (χ1) is 8.24. The maximum Gasteiger partial charge on any atom is 0.167 e. The van der Waals surface area contributed by atoms with Crippen molar-refractivity contribution in [2.75, 3.05) is 32.1 Å². The highest BCUT2D eigenvalue weighted by atomic mass is 32.2. The summed E-state index contributed by atoms with van der Waals surface area (Å²) in [4.78, 5) is 4.42. The molecule has 1 aliphatic heterocycles. The standard InChI is InChI=1S/C12H18N2O2S/c15-17(16)11-14-8-6-13(7-9-14)10-12-4-2-1-3-5-12/h1-5H,6-11H2,(H,15,16). The molecular weight excluding hydrogens is 236 g/mol. The van der Waals surface area contributed by atoms with Crippen LogP contribution in [0.5, 0.6) is 0 Å². The van der Waals surface area contributed by atoms with Gasteiger partial charge in [0.25, 0.3) is 0 Å². The lowest BCUT2D eigenvalue weighted by Crippen LogP contribution is -2.46. The van der Waals surface area contributed by atoms with Gasteiger partial charge < -0.3 is 4.55 Å². The molecule has 0 radical (unpaired) electrons. The van der Waals surface area contributed by atoms with Crippen molar-refractivity contribution in [2.45, 2.75) is 6.54 Å². The summed E-state index contributed by atoms with van der Waals surface area (Å²) in [7, 11) is 0. The van der Waals surface area contributed by atoms with E-state index in [0.717, 1.165) is 32.7 Å². The molecule has 1 fully saturated rings. The number of rotatable bonds is 4. The van der Waals surface area contributed by atoms with E-state index in [9.17, 15) is 4.21 Å². The Labute approximate surface area is 105 Å². The molecule has 1 aliphatic rings. The molecule has 1 N–H and O–H groups in total. The summed E-state index contributed by atoms with van der Waals surface area (Å²) in [5.74, 6) is 0.277. The van der Waals surface area contributed by atoms with Gasteiger partial charge in [-0.2, -0.15) is 0 Å². The number of nitrogens with zero attached hydrogens (tertiary/aromatic N) is 2. The molecule has 0 saturated carbocycles.